The number of nitrogens with two attached hydrogens (primary N) is 1. The summed E-state index contributed by atoms with van der Waals surface area (Å²) in [6.07, 6.45) is -4.42. The van der Waals surface area contributed by atoms with Crippen LogP contribution in [0.2, 0.25) is 0 Å². The van der Waals surface area contributed by atoms with Gasteiger partial charge in [0.05, 0.1) is 6.33 Å². The van der Waals surface area contributed by atoms with Crippen LogP contribution in [-0.4, -0.2) is 85.3 Å². The summed E-state index contributed by atoms with van der Waals surface area (Å²) in [4.78, 5) is 36.5. The first kappa shape index (κ1) is 24.4. The molecule has 1 saturated heterocycles. The number of nitrogens with zero attached hydrogens (tertiary/aromatic N) is 4. The molecular formula is C19H30N8O6. The van der Waals surface area contributed by atoms with Gasteiger partial charge >= 0.3 is 6.09 Å². The van der Waals surface area contributed by atoms with Gasteiger partial charge in [0.1, 0.15) is 23.3 Å². The number of aliphatic hydroxyl groups excluding tert-OH is 2. The van der Waals surface area contributed by atoms with E-state index < -0.39 is 42.1 Å². The Morgan fingerprint density at radius 2 is 1.94 bits per heavy atom. The molecule has 3 heterocycles. The molecule has 14 nitrogen and oxygen atoms in total. The largest absolute Gasteiger partial charge is 0.444 e. The van der Waals surface area contributed by atoms with Gasteiger partial charge in [0.2, 0.25) is 5.95 Å². The van der Waals surface area contributed by atoms with E-state index in [0.717, 1.165) is 0 Å². The molecule has 7 N–H and O–H groups in total. The minimum Gasteiger partial charge on any atom is -0.444 e. The second-order valence-corrected chi connectivity index (χ2v) is 8.43. The maximum Gasteiger partial charge on any atom is 0.407 e. The summed E-state index contributed by atoms with van der Waals surface area (Å²) in [5.41, 5.74) is 5.89. The summed E-state index contributed by atoms with van der Waals surface area (Å²) in [5.74, 6) is -0.305. The fourth-order valence-corrected chi connectivity index (χ4v) is 3.24. The van der Waals surface area contributed by atoms with Crippen molar-refractivity contribution in [2.45, 2.75) is 57.8 Å². The van der Waals surface area contributed by atoms with Crippen LogP contribution in [0, 0.1) is 0 Å². The zero-order valence-electron chi connectivity index (χ0n) is 18.9. The fourth-order valence-electron chi connectivity index (χ4n) is 3.24. The smallest absolute Gasteiger partial charge is 0.407 e. The molecule has 0 bridgehead atoms. The van der Waals surface area contributed by atoms with E-state index >= 15 is 0 Å². The van der Waals surface area contributed by atoms with Crippen molar-refractivity contribution in [2.75, 3.05) is 30.7 Å². The average Bonchev–Trinajstić information content (AvgIpc) is 3.26. The molecule has 2 aromatic rings. The second kappa shape index (κ2) is 9.72. The number of nitrogen functional groups attached to an aromatic ring is 1. The summed E-state index contributed by atoms with van der Waals surface area (Å²) in [6.45, 7) is 7.89. The van der Waals surface area contributed by atoms with Gasteiger partial charge in [-0.05, 0) is 27.7 Å². The van der Waals surface area contributed by atoms with Crippen LogP contribution in [0.4, 0.5) is 16.6 Å². The van der Waals surface area contributed by atoms with Gasteiger partial charge in [-0.25, -0.2) is 9.78 Å². The Morgan fingerprint density at radius 1 is 1.21 bits per heavy atom. The number of carbonyl (C=O) groups is 2. The lowest BCUT2D eigenvalue weighted by molar-refractivity contribution is -0.137. The summed E-state index contributed by atoms with van der Waals surface area (Å²) in [6, 6.07) is 0. The van der Waals surface area contributed by atoms with Gasteiger partial charge in [-0.2, -0.15) is 9.97 Å². The van der Waals surface area contributed by atoms with Crippen molar-refractivity contribution in [1.82, 2.24) is 30.2 Å². The molecular weight excluding hydrogens is 436 g/mol. The van der Waals surface area contributed by atoms with E-state index in [1.807, 2.05) is 0 Å². The number of hydrogen-bond donors (Lipinski definition) is 6. The zero-order valence-corrected chi connectivity index (χ0v) is 18.9. The molecule has 0 radical (unpaired) electrons. The predicted octanol–water partition coefficient (Wildman–Crippen LogP) is -0.900. The van der Waals surface area contributed by atoms with Gasteiger partial charge in [0.25, 0.3) is 5.91 Å². The number of hydrogen-bond acceptors (Lipinski definition) is 11. The van der Waals surface area contributed by atoms with Gasteiger partial charge in [-0.15, -0.1) is 0 Å². The standard InChI is InChI=1S/C19H30N8O6/c1-5-21-15(30)12-10(28)11(29)16(32-12)27-8-24-9-13(20)25-17(26-14(9)27)22-6-7-23-18(31)33-19(2,3)4/h8,10-12,16,28-29H,5-7H2,1-4H3,(H,21,30)(H,23,31)(H3,20,22,25,26)/t10-,11+,12-,16+/m0/s1. The Labute approximate surface area is 189 Å². The van der Waals surface area contributed by atoms with Crippen LogP contribution in [-0.2, 0) is 14.3 Å². The highest BCUT2D eigenvalue weighted by atomic mass is 16.6. The third-order valence-electron chi connectivity index (χ3n) is 4.65. The molecule has 0 aliphatic carbocycles. The summed E-state index contributed by atoms with van der Waals surface area (Å²) >= 11 is 0. The van der Waals surface area contributed by atoms with Crippen LogP contribution in [0.5, 0.6) is 0 Å². The molecule has 14 heteroatoms. The summed E-state index contributed by atoms with van der Waals surface area (Å²) in [7, 11) is 0. The molecule has 4 atom stereocenters. The normalized spacial score (nSPS) is 22.8. The van der Waals surface area contributed by atoms with E-state index in [9.17, 15) is 19.8 Å². The van der Waals surface area contributed by atoms with Crippen LogP contribution >= 0.6 is 0 Å². The molecule has 33 heavy (non-hydrogen) atoms. The lowest BCUT2D eigenvalue weighted by atomic mass is 10.1. The van der Waals surface area contributed by atoms with Gasteiger partial charge in [-0.1, -0.05) is 0 Å². The molecule has 2 aromatic heterocycles. The molecule has 3 rings (SSSR count). The molecule has 1 fully saturated rings. The lowest BCUT2D eigenvalue weighted by Crippen LogP contribution is -2.42. The van der Waals surface area contributed by atoms with Crippen molar-refractivity contribution in [1.29, 1.82) is 0 Å². The highest BCUT2D eigenvalue weighted by molar-refractivity contribution is 5.83. The topological polar surface area (TPSA) is 199 Å². The number of alkyl carbamates (subject to hydrolysis) is 1. The summed E-state index contributed by atoms with van der Waals surface area (Å²) < 4.78 is 12.2. The van der Waals surface area contributed by atoms with E-state index in [-0.39, 0.29) is 36.0 Å². The van der Waals surface area contributed by atoms with Crippen molar-refractivity contribution in [2.24, 2.45) is 0 Å². The third-order valence-corrected chi connectivity index (χ3v) is 4.65. The van der Waals surface area contributed by atoms with E-state index in [1.165, 1.54) is 10.9 Å². The first-order chi connectivity index (χ1) is 15.5. The molecule has 182 valence electrons. The number of nitrogens with one attached hydrogen (secondary N) is 3. The van der Waals surface area contributed by atoms with Gasteiger partial charge in [0.15, 0.2) is 23.8 Å². The predicted molar refractivity (Wildman–Crippen MR) is 117 cm³/mol. The molecule has 0 unspecified atom stereocenters. The van der Waals surface area contributed by atoms with Crippen molar-refractivity contribution in [3.63, 3.8) is 0 Å². The Hall–Kier alpha value is -3.23. The number of amides is 2. The molecule has 1 aliphatic heterocycles. The maximum atomic E-state index is 12.1. The number of ether oxygens (including phenoxy) is 2. The number of aromatic nitrogens is 4. The number of imidazole rings is 1. The highest BCUT2D eigenvalue weighted by Gasteiger charge is 2.47. The van der Waals surface area contributed by atoms with Crippen molar-refractivity contribution < 1.29 is 29.3 Å². The zero-order chi connectivity index (χ0) is 24.3. The van der Waals surface area contributed by atoms with Gasteiger partial charge in [-0.3, -0.25) is 9.36 Å². The van der Waals surface area contributed by atoms with Crippen molar-refractivity contribution in [3.05, 3.63) is 6.33 Å². The molecule has 2 amide bonds. The summed E-state index contributed by atoms with van der Waals surface area (Å²) in [5, 5.41) is 28.8. The Bertz CT molecular complexity index is 1010. The Kier molecular flexibility index (Phi) is 7.19. The molecule has 0 spiro atoms. The van der Waals surface area contributed by atoms with Crippen LogP contribution in [0.3, 0.4) is 0 Å². The van der Waals surface area contributed by atoms with Crippen LogP contribution < -0.4 is 21.7 Å². The van der Waals surface area contributed by atoms with Gasteiger partial charge in [0, 0.05) is 19.6 Å². The SMILES string of the molecule is CCNC(=O)[C@H]1O[C@@H](n2cnc3c(N)nc(NCCNC(=O)OC(C)(C)C)nc32)[C@H](O)[C@@H]1O. The average molecular weight is 466 g/mol. The highest BCUT2D eigenvalue weighted by Crippen LogP contribution is 2.32. The second-order valence-electron chi connectivity index (χ2n) is 8.43. The molecule has 1 aliphatic rings. The van der Waals surface area contributed by atoms with E-state index in [0.29, 0.717) is 6.54 Å². The van der Waals surface area contributed by atoms with Crippen LogP contribution in [0.1, 0.15) is 33.9 Å². The maximum absolute atomic E-state index is 12.1. The monoisotopic (exact) mass is 466 g/mol. The van der Waals surface area contributed by atoms with E-state index in [4.69, 9.17) is 15.2 Å². The number of likely N-dealkylation sites (N-methyl/N-ethyl adjacent to an activating group) is 1. The third kappa shape index (κ3) is 5.58. The fraction of sp³-hybridized carbons (Fsp3) is 0.632. The van der Waals surface area contributed by atoms with Crippen LogP contribution in [0.25, 0.3) is 11.2 Å². The van der Waals surface area contributed by atoms with E-state index in [1.54, 1.807) is 27.7 Å². The van der Waals surface area contributed by atoms with E-state index in [2.05, 4.69) is 30.9 Å². The Morgan fingerprint density at radius 3 is 2.61 bits per heavy atom. The number of aliphatic hydroxyl groups is 2. The number of fused-ring (bicyclic) bond motifs is 1. The first-order valence-electron chi connectivity index (χ1n) is 10.5. The number of rotatable bonds is 7. The lowest BCUT2D eigenvalue weighted by Gasteiger charge is -2.19. The molecule has 0 saturated carbocycles. The van der Waals surface area contributed by atoms with Crippen molar-refractivity contribution >= 4 is 34.9 Å². The van der Waals surface area contributed by atoms with Crippen molar-refractivity contribution in [3.8, 4) is 0 Å². The minimum atomic E-state index is -1.44. The minimum absolute atomic E-state index is 0.0784. The Balaban J connectivity index is 1.72. The van der Waals surface area contributed by atoms with Crippen LogP contribution in [0.15, 0.2) is 6.33 Å². The quantitative estimate of drug-likeness (QED) is 0.276. The first-order valence-corrected chi connectivity index (χ1v) is 10.5. The molecule has 0 aromatic carbocycles. The number of carbonyl (C=O) groups excluding carboxylic acids is 2. The number of anilines is 2. The van der Waals surface area contributed by atoms with Gasteiger partial charge < -0.3 is 41.4 Å².